The molecule has 0 amide bonds. The van der Waals surface area contributed by atoms with Gasteiger partial charge in [-0.2, -0.15) is 0 Å². The van der Waals surface area contributed by atoms with Gasteiger partial charge in [0.2, 0.25) is 0 Å². The molecule has 18 heavy (non-hydrogen) atoms. The third kappa shape index (κ3) is 2.78. The summed E-state index contributed by atoms with van der Waals surface area (Å²) in [4.78, 5) is 0. The van der Waals surface area contributed by atoms with E-state index in [1.54, 1.807) is 7.11 Å². The maximum Gasteiger partial charge on any atom is 0.104 e. The summed E-state index contributed by atoms with van der Waals surface area (Å²) < 4.78 is 5.17. The van der Waals surface area contributed by atoms with Crippen LogP contribution in [0.1, 0.15) is 28.4 Å². The standard InChI is InChI=1S/C16H18O2/c1-12-6-5-8-13(10-12)16(17)15-9-4-3-7-14(15)11-18-2/h3-10,16-17H,11H2,1-2H3. The molecule has 2 aromatic carbocycles. The smallest absolute Gasteiger partial charge is 0.104 e. The van der Waals surface area contributed by atoms with E-state index in [0.717, 1.165) is 22.3 Å². The molecule has 94 valence electrons. The van der Waals surface area contributed by atoms with Crippen LogP contribution in [0.5, 0.6) is 0 Å². The highest BCUT2D eigenvalue weighted by Crippen LogP contribution is 2.25. The highest BCUT2D eigenvalue weighted by atomic mass is 16.5. The van der Waals surface area contributed by atoms with Crippen molar-refractivity contribution in [1.29, 1.82) is 0 Å². The van der Waals surface area contributed by atoms with E-state index in [1.165, 1.54) is 0 Å². The molecule has 2 aromatic rings. The van der Waals surface area contributed by atoms with E-state index in [4.69, 9.17) is 4.74 Å². The number of benzene rings is 2. The third-order valence-corrected chi connectivity index (χ3v) is 3.01. The van der Waals surface area contributed by atoms with E-state index in [1.807, 2.05) is 55.5 Å². The first kappa shape index (κ1) is 12.8. The minimum Gasteiger partial charge on any atom is -0.384 e. The van der Waals surface area contributed by atoms with E-state index in [-0.39, 0.29) is 0 Å². The largest absolute Gasteiger partial charge is 0.384 e. The third-order valence-electron chi connectivity index (χ3n) is 3.01. The first-order chi connectivity index (χ1) is 8.72. The van der Waals surface area contributed by atoms with Crippen molar-refractivity contribution >= 4 is 0 Å². The number of hydrogen-bond acceptors (Lipinski definition) is 2. The van der Waals surface area contributed by atoms with Crippen LogP contribution < -0.4 is 0 Å². The summed E-state index contributed by atoms with van der Waals surface area (Å²) in [6.07, 6.45) is -0.601. The second-order valence-corrected chi connectivity index (χ2v) is 4.45. The van der Waals surface area contributed by atoms with Crippen molar-refractivity contribution in [2.24, 2.45) is 0 Å². The summed E-state index contributed by atoms with van der Waals surface area (Å²) in [7, 11) is 1.66. The molecule has 0 heterocycles. The zero-order chi connectivity index (χ0) is 13.0. The molecule has 0 fully saturated rings. The first-order valence-corrected chi connectivity index (χ1v) is 6.03. The SMILES string of the molecule is COCc1ccccc1C(O)c1cccc(C)c1. The van der Waals surface area contributed by atoms with E-state index >= 15 is 0 Å². The molecule has 0 aromatic heterocycles. The van der Waals surface area contributed by atoms with Crippen molar-refractivity contribution in [2.45, 2.75) is 19.6 Å². The lowest BCUT2D eigenvalue weighted by Crippen LogP contribution is -2.04. The summed E-state index contributed by atoms with van der Waals surface area (Å²) in [5, 5.41) is 10.5. The average molecular weight is 242 g/mol. The predicted octanol–water partition coefficient (Wildman–Crippen LogP) is 3.22. The van der Waals surface area contributed by atoms with Crippen LogP contribution >= 0.6 is 0 Å². The monoisotopic (exact) mass is 242 g/mol. The maximum atomic E-state index is 10.5. The Balaban J connectivity index is 2.36. The van der Waals surface area contributed by atoms with Gasteiger partial charge < -0.3 is 9.84 Å². The van der Waals surface area contributed by atoms with Crippen LogP contribution in [0.4, 0.5) is 0 Å². The molecule has 0 aliphatic rings. The molecule has 0 saturated heterocycles. The van der Waals surface area contributed by atoms with Gasteiger partial charge in [-0.3, -0.25) is 0 Å². The van der Waals surface area contributed by atoms with Gasteiger partial charge in [-0.15, -0.1) is 0 Å². The van der Waals surface area contributed by atoms with Crippen molar-refractivity contribution in [3.05, 3.63) is 70.8 Å². The summed E-state index contributed by atoms with van der Waals surface area (Å²) in [5.74, 6) is 0. The fourth-order valence-corrected chi connectivity index (χ4v) is 2.11. The van der Waals surface area contributed by atoms with E-state index in [9.17, 15) is 5.11 Å². The quantitative estimate of drug-likeness (QED) is 0.892. The molecule has 0 bridgehead atoms. The zero-order valence-electron chi connectivity index (χ0n) is 10.8. The topological polar surface area (TPSA) is 29.5 Å². The molecule has 2 rings (SSSR count). The van der Waals surface area contributed by atoms with E-state index in [0.29, 0.717) is 6.61 Å². The Morgan fingerprint density at radius 1 is 1.11 bits per heavy atom. The molecule has 0 spiro atoms. The molecule has 0 aliphatic heterocycles. The van der Waals surface area contributed by atoms with Crippen molar-refractivity contribution in [1.82, 2.24) is 0 Å². The van der Waals surface area contributed by atoms with Crippen LogP contribution in [0.2, 0.25) is 0 Å². The van der Waals surface area contributed by atoms with Gasteiger partial charge in [-0.05, 0) is 23.6 Å². The van der Waals surface area contributed by atoms with Crippen LogP contribution in [0.3, 0.4) is 0 Å². The molecule has 2 nitrogen and oxygen atoms in total. The number of ether oxygens (including phenoxy) is 1. The maximum absolute atomic E-state index is 10.5. The molecule has 1 N–H and O–H groups in total. The molecule has 2 heteroatoms. The predicted molar refractivity (Wildman–Crippen MR) is 72.4 cm³/mol. The van der Waals surface area contributed by atoms with Crippen molar-refractivity contribution in [2.75, 3.05) is 7.11 Å². The normalized spacial score (nSPS) is 12.4. The Labute approximate surface area is 108 Å². The highest BCUT2D eigenvalue weighted by Gasteiger charge is 2.13. The van der Waals surface area contributed by atoms with Crippen LogP contribution in [0.15, 0.2) is 48.5 Å². The van der Waals surface area contributed by atoms with Gasteiger partial charge in [-0.1, -0.05) is 54.1 Å². The van der Waals surface area contributed by atoms with Crippen molar-refractivity contribution in [3.8, 4) is 0 Å². The minimum atomic E-state index is -0.601. The number of aliphatic hydroxyl groups excluding tert-OH is 1. The van der Waals surface area contributed by atoms with Crippen LogP contribution in [-0.2, 0) is 11.3 Å². The number of aryl methyl sites for hydroxylation is 1. The average Bonchev–Trinajstić information content (AvgIpc) is 2.39. The molecular formula is C16H18O2. The van der Waals surface area contributed by atoms with Gasteiger partial charge >= 0.3 is 0 Å². The Hall–Kier alpha value is -1.64. The first-order valence-electron chi connectivity index (χ1n) is 6.03. The van der Waals surface area contributed by atoms with Crippen molar-refractivity contribution < 1.29 is 9.84 Å². The van der Waals surface area contributed by atoms with Gasteiger partial charge in [0.25, 0.3) is 0 Å². The molecule has 0 radical (unpaired) electrons. The molecule has 1 atom stereocenters. The van der Waals surface area contributed by atoms with Crippen molar-refractivity contribution in [3.63, 3.8) is 0 Å². The van der Waals surface area contributed by atoms with Gasteiger partial charge in [0.15, 0.2) is 0 Å². The second-order valence-electron chi connectivity index (χ2n) is 4.45. The number of hydrogen-bond donors (Lipinski definition) is 1. The van der Waals surface area contributed by atoms with Gasteiger partial charge in [0.1, 0.15) is 6.10 Å². The van der Waals surface area contributed by atoms with Crippen LogP contribution in [0, 0.1) is 6.92 Å². The number of aliphatic hydroxyl groups is 1. The fraction of sp³-hybridized carbons (Fsp3) is 0.250. The number of methoxy groups -OCH3 is 1. The minimum absolute atomic E-state index is 0.513. The molecule has 0 saturated carbocycles. The summed E-state index contributed by atoms with van der Waals surface area (Å²) in [6, 6.07) is 15.8. The van der Waals surface area contributed by atoms with Gasteiger partial charge in [0.05, 0.1) is 6.61 Å². The van der Waals surface area contributed by atoms with Gasteiger partial charge in [0, 0.05) is 7.11 Å². The lowest BCUT2D eigenvalue weighted by Gasteiger charge is -2.16. The van der Waals surface area contributed by atoms with E-state index in [2.05, 4.69) is 0 Å². The molecule has 0 aliphatic carbocycles. The zero-order valence-corrected chi connectivity index (χ0v) is 10.8. The molecular weight excluding hydrogens is 224 g/mol. The fourth-order valence-electron chi connectivity index (χ4n) is 2.11. The second kappa shape index (κ2) is 5.80. The van der Waals surface area contributed by atoms with Crippen LogP contribution in [0.25, 0.3) is 0 Å². The Morgan fingerprint density at radius 2 is 1.89 bits per heavy atom. The Bertz CT molecular complexity index is 520. The highest BCUT2D eigenvalue weighted by molar-refractivity contribution is 5.36. The summed E-state index contributed by atoms with van der Waals surface area (Å²) in [6.45, 7) is 2.54. The van der Waals surface area contributed by atoms with Gasteiger partial charge in [-0.25, -0.2) is 0 Å². The lowest BCUT2D eigenvalue weighted by atomic mass is 9.96. The molecule has 1 unspecified atom stereocenters. The summed E-state index contributed by atoms with van der Waals surface area (Å²) in [5.41, 5.74) is 3.99. The lowest BCUT2D eigenvalue weighted by molar-refractivity contribution is 0.176. The Kier molecular flexibility index (Phi) is 4.13. The number of rotatable bonds is 4. The Morgan fingerprint density at radius 3 is 2.61 bits per heavy atom. The van der Waals surface area contributed by atoms with Crippen LogP contribution in [-0.4, -0.2) is 12.2 Å². The van der Waals surface area contributed by atoms with E-state index < -0.39 is 6.10 Å². The summed E-state index contributed by atoms with van der Waals surface area (Å²) >= 11 is 0.